The number of hydrogen-bond donors (Lipinski definition) is 1. The summed E-state index contributed by atoms with van der Waals surface area (Å²) in [6, 6.07) is 0. The number of carbonyl (C=O) groups is 1. The van der Waals surface area contributed by atoms with Crippen molar-refractivity contribution in [2.75, 3.05) is 31.2 Å². The Morgan fingerprint density at radius 1 is 1.57 bits per heavy atom. The number of aliphatic hydroxyl groups is 1. The van der Waals surface area contributed by atoms with Gasteiger partial charge in [0.1, 0.15) is 0 Å². The molecule has 0 amide bonds. The molecule has 2 rings (SSSR count). The molecule has 1 atom stereocenters. The molecule has 0 saturated carbocycles. The number of esters is 1. The second kappa shape index (κ2) is 7.36. The monoisotopic (exact) mass is 293 g/mol. The summed E-state index contributed by atoms with van der Waals surface area (Å²) < 4.78 is 4.98. The first-order valence-electron chi connectivity index (χ1n) is 7.52. The Kier molecular flexibility index (Phi) is 5.50. The predicted octanol–water partition coefficient (Wildman–Crippen LogP) is 1.56. The molecule has 0 aliphatic carbocycles. The van der Waals surface area contributed by atoms with Crippen LogP contribution in [0.5, 0.6) is 0 Å². The van der Waals surface area contributed by atoms with Crippen molar-refractivity contribution < 1.29 is 14.6 Å². The van der Waals surface area contributed by atoms with Gasteiger partial charge in [0, 0.05) is 25.9 Å². The summed E-state index contributed by atoms with van der Waals surface area (Å²) in [5, 5.41) is 9.07. The molecular formula is C15H23N3O3. The Bertz CT molecular complexity index is 491. The minimum Gasteiger partial charge on any atom is -0.462 e. The van der Waals surface area contributed by atoms with Gasteiger partial charge in [-0.2, -0.15) is 0 Å². The van der Waals surface area contributed by atoms with Gasteiger partial charge < -0.3 is 14.7 Å². The third kappa shape index (κ3) is 3.91. The first-order chi connectivity index (χ1) is 10.2. The summed E-state index contributed by atoms with van der Waals surface area (Å²) in [6.45, 7) is 5.91. The van der Waals surface area contributed by atoms with E-state index in [1.807, 2.05) is 0 Å². The van der Waals surface area contributed by atoms with E-state index in [1.165, 1.54) is 0 Å². The molecule has 1 saturated heterocycles. The number of aliphatic hydroxyl groups excluding tert-OH is 1. The van der Waals surface area contributed by atoms with Gasteiger partial charge in [-0.3, -0.25) is 0 Å². The Labute approximate surface area is 125 Å². The molecule has 1 unspecified atom stereocenters. The van der Waals surface area contributed by atoms with Gasteiger partial charge in [-0.15, -0.1) is 0 Å². The maximum Gasteiger partial charge on any atom is 0.341 e. The molecule has 21 heavy (non-hydrogen) atoms. The lowest BCUT2D eigenvalue weighted by molar-refractivity contribution is 0.0524. The fraction of sp³-hybridized carbons (Fsp3) is 0.667. The van der Waals surface area contributed by atoms with Crippen LogP contribution in [0.4, 0.5) is 5.95 Å². The number of aromatic nitrogens is 2. The van der Waals surface area contributed by atoms with E-state index in [0.29, 0.717) is 29.7 Å². The molecule has 0 spiro atoms. The van der Waals surface area contributed by atoms with E-state index >= 15 is 0 Å². The van der Waals surface area contributed by atoms with Crippen LogP contribution in [0.15, 0.2) is 6.20 Å². The van der Waals surface area contributed by atoms with Crippen molar-refractivity contribution in [2.24, 2.45) is 5.92 Å². The number of rotatable bonds is 5. The summed E-state index contributed by atoms with van der Waals surface area (Å²) in [4.78, 5) is 22.6. The van der Waals surface area contributed by atoms with Crippen molar-refractivity contribution in [3.8, 4) is 0 Å². The quantitative estimate of drug-likeness (QED) is 0.830. The molecular weight excluding hydrogens is 270 g/mol. The number of hydrogen-bond acceptors (Lipinski definition) is 6. The van der Waals surface area contributed by atoms with Gasteiger partial charge in [0.2, 0.25) is 5.95 Å². The Morgan fingerprint density at radius 3 is 3.05 bits per heavy atom. The maximum atomic E-state index is 11.7. The lowest BCUT2D eigenvalue weighted by Gasteiger charge is -2.32. The van der Waals surface area contributed by atoms with E-state index in [4.69, 9.17) is 9.84 Å². The number of ether oxygens (including phenoxy) is 1. The SMILES string of the molecule is CCOC(=O)c1cnc(N2CCCC(CCO)C2)nc1C. The predicted molar refractivity (Wildman–Crippen MR) is 79.4 cm³/mol. The van der Waals surface area contributed by atoms with Gasteiger partial charge in [-0.05, 0) is 39.0 Å². The highest BCUT2D eigenvalue weighted by molar-refractivity contribution is 5.90. The Balaban J connectivity index is 2.10. The van der Waals surface area contributed by atoms with E-state index in [2.05, 4.69) is 14.9 Å². The topological polar surface area (TPSA) is 75.5 Å². The van der Waals surface area contributed by atoms with Gasteiger partial charge >= 0.3 is 5.97 Å². The lowest BCUT2D eigenvalue weighted by Crippen LogP contribution is -2.37. The van der Waals surface area contributed by atoms with Gasteiger partial charge in [0.25, 0.3) is 0 Å². The molecule has 6 heteroatoms. The molecule has 0 bridgehead atoms. The summed E-state index contributed by atoms with van der Waals surface area (Å²) in [6.07, 6.45) is 4.57. The van der Waals surface area contributed by atoms with Crippen molar-refractivity contribution in [3.63, 3.8) is 0 Å². The number of aryl methyl sites for hydroxylation is 1. The van der Waals surface area contributed by atoms with Crippen LogP contribution in [0, 0.1) is 12.8 Å². The fourth-order valence-electron chi connectivity index (χ4n) is 2.68. The third-order valence-electron chi connectivity index (χ3n) is 3.80. The van der Waals surface area contributed by atoms with Gasteiger partial charge in [-0.25, -0.2) is 14.8 Å². The zero-order valence-corrected chi connectivity index (χ0v) is 12.7. The molecule has 1 fully saturated rings. The molecule has 1 aliphatic heterocycles. The zero-order valence-electron chi connectivity index (χ0n) is 12.7. The highest BCUT2D eigenvalue weighted by Gasteiger charge is 2.22. The average molecular weight is 293 g/mol. The maximum absolute atomic E-state index is 11.7. The smallest absolute Gasteiger partial charge is 0.341 e. The number of piperidine rings is 1. The summed E-state index contributed by atoms with van der Waals surface area (Å²) >= 11 is 0. The number of anilines is 1. The minimum atomic E-state index is -0.377. The molecule has 2 heterocycles. The van der Waals surface area contributed by atoms with Crippen LogP contribution in [0.2, 0.25) is 0 Å². The van der Waals surface area contributed by atoms with Crippen molar-refractivity contribution >= 4 is 11.9 Å². The van der Waals surface area contributed by atoms with Gasteiger partial charge in [-0.1, -0.05) is 0 Å². The van der Waals surface area contributed by atoms with Crippen LogP contribution >= 0.6 is 0 Å². The zero-order chi connectivity index (χ0) is 15.2. The van der Waals surface area contributed by atoms with Crippen molar-refractivity contribution in [2.45, 2.75) is 33.1 Å². The van der Waals surface area contributed by atoms with E-state index < -0.39 is 0 Å². The average Bonchev–Trinajstić information content (AvgIpc) is 2.48. The second-order valence-electron chi connectivity index (χ2n) is 5.36. The lowest BCUT2D eigenvalue weighted by atomic mass is 9.95. The Morgan fingerprint density at radius 2 is 2.38 bits per heavy atom. The van der Waals surface area contributed by atoms with Crippen molar-refractivity contribution in [1.29, 1.82) is 0 Å². The first-order valence-corrected chi connectivity index (χ1v) is 7.52. The molecule has 6 nitrogen and oxygen atoms in total. The van der Waals surface area contributed by atoms with Crippen LogP contribution in [0.3, 0.4) is 0 Å². The Hall–Kier alpha value is -1.69. The second-order valence-corrected chi connectivity index (χ2v) is 5.36. The van der Waals surface area contributed by atoms with Crippen LogP contribution in [0.25, 0.3) is 0 Å². The minimum absolute atomic E-state index is 0.222. The molecule has 0 radical (unpaired) electrons. The standard InChI is InChI=1S/C15H23N3O3/c1-3-21-14(20)13-9-16-15(17-11(13)2)18-7-4-5-12(10-18)6-8-19/h9,12,19H,3-8,10H2,1-2H3. The van der Waals surface area contributed by atoms with Crippen LogP contribution in [-0.4, -0.2) is 47.3 Å². The van der Waals surface area contributed by atoms with Crippen molar-refractivity contribution in [3.05, 3.63) is 17.5 Å². The molecule has 0 aromatic carbocycles. The normalized spacial score (nSPS) is 18.6. The molecule has 116 valence electrons. The van der Waals surface area contributed by atoms with Crippen LogP contribution in [0.1, 0.15) is 42.2 Å². The molecule has 1 aromatic heterocycles. The number of nitrogens with zero attached hydrogens (tertiary/aromatic N) is 3. The van der Waals surface area contributed by atoms with E-state index in [-0.39, 0.29) is 12.6 Å². The van der Waals surface area contributed by atoms with Crippen molar-refractivity contribution in [1.82, 2.24) is 9.97 Å². The highest BCUT2D eigenvalue weighted by Crippen LogP contribution is 2.23. The van der Waals surface area contributed by atoms with Crippen LogP contribution < -0.4 is 4.90 Å². The van der Waals surface area contributed by atoms with E-state index in [9.17, 15) is 4.79 Å². The highest BCUT2D eigenvalue weighted by atomic mass is 16.5. The molecule has 1 aliphatic rings. The molecule has 1 aromatic rings. The summed E-state index contributed by atoms with van der Waals surface area (Å²) in [7, 11) is 0. The van der Waals surface area contributed by atoms with Crippen LogP contribution in [-0.2, 0) is 4.74 Å². The fourth-order valence-corrected chi connectivity index (χ4v) is 2.68. The largest absolute Gasteiger partial charge is 0.462 e. The van der Waals surface area contributed by atoms with Gasteiger partial charge in [0.05, 0.1) is 17.9 Å². The first kappa shape index (κ1) is 15.7. The van der Waals surface area contributed by atoms with E-state index in [0.717, 1.165) is 32.4 Å². The number of carbonyl (C=O) groups excluding carboxylic acids is 1. The van der Waals surface area contributed by atoms with E-state index in [1.54, 1.807) is 20.0 Å². The summed E-state index contributed by atoms with van der Waals surface area (Å²) in [5.74, 6) is 0.763. The third-order valence-corrected chi connectivity index (χ3v) is 3.80. The summed E-state index contributed by atoms with van der Waals surface area (Å²) in [5.41, 5.74) is 1.06. The van der Waals surface area contributed by atoms with Gasteiger partial charge in [0.15, 0.2) is 0 Å². The molecule has 1 N–H and O–H groups in total.